The van der Waals surface area contributed by atoms with Gasteiger partial charge in [0.15, 0.2) is 6.10 Å². The van der Waals surface area contributed by atoms with E-state index in [1.165, 1.54) is 19.3 Å². The van der Waals surface area contributed by atoms with Crippen LogP contribution in [-0.4, -0.2) is 24.0 Å². The van der Waals surface area contributed by atoms with Crippen LogP contribution in [0.25, 0.3) is 0 Å². The van der Waals surface area contributed by atoms with Crippen molar-refractivity contribution in [3.8, 4) is 5.75 Å². The smallest absolute Gasteiger partial charge is 0.265 e. The minimum absolute atomic E-state index is 0.0542. The molecule has 0 saturated heterocycles. The van der Waals surface area contributed by atoms with Crippen molar-refractivity contribution < 1.29 is 14.3 Å². The van der Waals surface area contributed by atoms with Gasteiger partial charge in [-0.1, -0.05) is 37.5 Å². The molecular weight excluding hydrogens is 364 g/mol. The van der Waals surface area contributed by atoms with Gasteiger partial charge in [-0.15, -0.1) is 0 Å². The van der Waals surface area contributed by atoms with Crippen molar-refractivity contribution in [2.45, 2.75) is 65.0 Å². The lowest BCUT2D eigenvalue weighted by molar-refractivity contribution is -0.122. The molecule has 29 heavy (non-hydrogen) atoms. The summed E-state index contributed by atoms with van der Waals surface area (Å²) in [5, 5.41) is 5.96. The number of carbonyl (C=O) groups excluding carboxylic acids is 2. The molecule has 3 rings (SSSR count). The Labute approximate surface area is 172 Å². The Morgan fingerprint density at radius 3 is 2.21 bits per heavy atom. The molecule has 0 aliphatic heterocycles. The molecule has 0 radical (unpaired) electrons. The molecule has 5 nitrogen and oxygen atoms in total. The molecule has 1 atom stereocenters. The molecule has 1 saturated carbocycles. The number of benzene rings is 2. The van der Waals surface area contributed by atoms with E-state index in [-0.39, 0.29) is 17.9 Å². The number of nitrogens with one attached hydrogen (secondary N) is 2. The number of ether oxygens (including phenoxy) is 1. The number of rotatable bonds is 6. The summed E-state index contributed by atoms with van der Waals surface area (Å²) in [5.41, 5.74) is 3.24. The predicted molar refractivity (Wildman–Crippen MR) is 115 cm³/mol. The van der Waals surface area contributed by atoms with Crippen LogP contribution in [0.15, 0.2) is 42.5 Å². The van der Waals surface area contributed by atoms with Gasteiger partial charge < -0.3 is 15.4 Å². The lowest BCUT2D eigenvalue weighted by atomic mass is 9.95. The van der Waals surface area contributed by atoms with Gasteiger partial charge in [0, 0.05) is 17.3 Å². The molecule has 1 aliphatic rings. The maximum atomic E-state index is 12.5. The Balaban J connectivity index is 1.55. The van der Waals surface area contributed by atoms with E-state index in [2.05, 4.69) is 10.6 Å². The summed E-state index contributed by atoms with van der Waals surface area (Å²) in [4.78, 5) is 24.9. The van der Waals surface area contributed by atoms with E-state index in [1.54, 1.807) is 31.2 Å². The second kappa shape index (κ2) is 9.59. The van der Waals surface area contributed by atoms with Crippen LogP contribution in [0.2, 0.25) is 0 Å². The van der Waals surface area contributed by atoms with Crippen molar-refractivity contribution in [1.29, 1.82) is 0 Å². The van der Waals surface area contributed by atoms with Crippen molar-refractivity contribution in [2.24, 2.45) is 0 Å². The molecule has 5 heteroatoms. The fraction of sp³-hybridized carbons (Fsp3) is 0.417. The molecule has 0 spiro atoms. The van der Waals surface area contributed by atoms with Crippen LogP contribution in [-0.2, 0) is 4.79 Å². The van der Waals surface area contributed by atoms with Crippen molar-refractivity contribution in [1.82, 2.24) is 5.32 Å². The van der Waals surface area contributed by atoms with E-state index in [9.17, 15) is 9.59 Å². The first-order chi connectivity index (χ1) is 13.9. The topological polar surface area (TPSA) is 67.4 Å². The van der Waals surface area contributed by atoms with Crippen LogP contribution in [0.4, 0.5) is 5.69 Å². The Hall–Kier alpha value is -2.82. The van der Waals surface area contributed by atoms with E-state index in [0.717, 1.165) is 29.7 Å². The first kappa shape index (κ1) is 20.9. The number of hydrogen-bond donors (Lipinski definition) is 2. The minimum atomic E-state index is -0.635. The van der Waals surface area contributed by atoms with Gasteiger partial charge in [-0.3, -0.25) is 9.59 Å². The second-order valence-corrected chi connectivity index (χ2v) is 7.86. The molecule has 2 aromatic rings. The normalized spacial score (nSPS) is 15.4. The molecule has 0 aromatic heterocycles. The zero-order chi connectivity index (χ0) is 20.8. The van der Waals surface area contributed by atoms with Crippen LogP contribution in [0.1, 0.15) is 60.5 Å². The van der Waals surface area contributed by atoms with Gasteiger partial charge in [0.05, 0.1) is 0 Å². The fourth-order valence-electron chi connectivity index (χ4n) is 3.68. The van der Waals surface area contributed by atoms with Gasteiger partial charge in [-0.2, -0.15) is 0 Å². The van der Waals surface area contributed by atoms with Gasteiger partial charge >= 0.3 is 0 Å². The maximum absolute atomic E-state index is 12.5. The van der Waals surface area contributed by atoms with Gasteiger partial charge in [-0.25, -0.2) is 0 Å². The summed E-state index contributed by atoms with van der Waals surface area (Å²) in [5.74, 6) is 0.457. The fourth-order valence-corrected chi connectivity index (χ4v) is 3.68. The first-order valence-corrected chi connectivity index (χ1v) is 10.4. The van der Waals surface area contributed by atoms with E-state index in [1.807, 2.05) is 32.0 Å². The van der Waals surface area contributed by atoms with E-state index >= 15 is 0 Å². The van der Waals surface area contributed by atoms with Crippen molar-refractivity contribution in [2.75, 3.05) is 5.32 Å². The Morgan fingerprint density at radius 2 is 1.59 bits per heavy atom. The van der Waals surface area contributed by atoms with Gasteiger partial charge in [0.2, 0.25) is 0 Å². The van der Waals surface area contributed by atoms with Crippen molar-refractivity contribution >= 4 is 17.5 Å². The average Bonchev–Trinajstić information content (AvgIpc) is 2.72. The maximum Gasteiger partial charge on any atom is 0.265 e. The summed E-state index contributed by atoms with van der Waals surface area (Å²) in [6.45, 7) is 5.65. The van der Waals surface area contributed by atoms with Crippen LogP contribution in [0, 0.1) is 13.8 Å². The molecule has 0 bridgehead atoms. The zero-order valence-electron chi connectivity index (χ0n) is 17.5. The highest BCUT2D eigenvalue weighted by Gasteiger charge is 2.18. The number of amides is 2. The molecule has 0 heterocycles. The zero-order valence-corrected chi connectivity index (χ0v) is 17.5. The molecule has 2 N–H and O–H groups in total. The summed E-state index contributed by atoms with van der Waals surface area (Å²) < 4.78 is 5.88. The largest absolute Gasteiger partial charge is 0.480 e. The highest BCUT2D eigenvalue weighted by Crippen LogP contribution is 2.24. The van der Waals surface area contributed by atoms with Crippen LogP contribution in [0.3, 0.4) is 0 Å². The van der Waals surface area contributed by atoms with Gasteiger partial charge in [-0.05, 0) is 69.0 Å². The van der Waals surface area contributed by atoms with Crippen LogP contribution >= 0.6 is 0 Å². The van der Waals surface area contributed by atoms with Crippen molar-refractivity contribution in [3.05, 3.63) is 59.2 Å². The number of hydrogen-bond acceptors (Lipinski definition) is 3. The third kappa shape index (κ3) is 5.59. The molecule has 1 aliphatic carbocycles. The molecule has 1 fully saturated rings. The number of carbonyl (C=O) groups is 2. The number of anilines is 1. The van der Waals surface area contributed by atoms with E-state index in [4.69, 9.17) is 4.74 Å². The standard InChI is InChI=1S/C24H30N2O3/c1-16-8-7-9-17(2)22(16)29-18(3)23(27)25-21-14-12-19(13-15-21)24(28)26-20-10-5-4-6-11-20/h7-9,12-15,18,20H,4-6,10-11H2,1-3H3,(H,25,27)(H,26,28). The third-order valence-corrected chi connectivity index (χ3v) is 5.43. The lowest BCUT2D eigenvalue weighted by Gasteiger charge is -2.22. The van der Waals surface area contributed by atoms with Crippen LogP contribution in [0.5, 0.6) is 5.75 Å². The second-order valence-electron chi connectivity index (χ2n) is 7.86. The van der Waals surface area contributed by atoms with Crippen molar-refractivity contribution in [3.63, 3.8) is 0 Å². The summed E-state index contributed by atoms with van der Waals surface area (Å²) in [6, 6.07) is 13.1. The highest BCUT2D eigenvalue weighted by molar-refractivity contribution is 5.97. The number of para-hydroxylation sites is 1. The monoisotopic (exact) mass is 394 g/mol. The lowest BCUT2D eigenvalue weighted by Crippen LogP contribution is -2.36. The highest BCUT2D eigenvalue weighted by atomic mass is 16.5. The third-order valence-electron chi connectivity index (χ3n) is 5.43. The van der Waals surface area contributed by atoms with Gasteiger partial charge in [0.25, 0.3) is 11.8 Å². The average molecular weight is 395 g/mol. The Bertz CT molecular complexity index is 835. The molecule has 1 unspecified atom stereocenters. The SMILES string of the molecule is Cc1cccc(C)c1OC(C)C(=O)Nc1ccc(C(=O)NC2CCCCC2)cc1. The first-order valence-electron chi connectivity index (χ1n) is 10.4. The molecular formula is C24H30N2O3. The predicted octanol–water partition coefficient (Wildman–Crippen LogP) is 4.77. The quantitative estimate of drug-likeness (QED) is 0.741. The summed E-state index contributed by atoms with van der Waals surface area (Å²) in [7, 11) is 0. The summed E-state index contributed by atoms with van der Waals surface area (Å²) in [6.07, 6.45) is 5.09. The van der Waals surface area contributed by atoms with E-state index < -0.39 is 6.10 Å². The molecule has 154 valence electrons. The molecule has 2 aromatic carbocycles. The number of aryl methyl sites for hydroxylation is 2. The van der Waals surface area contributed by atoms with E-state index in [0.29, 0.717) is 11.3 Å². The van der Waals surface area contributed by atoms with Gasteiger partial charge in [0.1, 0.15) is 5.75 Å². The Morgan fingerprint density at radius 1 is 0.966 bits per heavy atom. The van der Waals surface area contributed by atoms with Crippen LogP contribution < -0.4 is 15.4 Å². The summed E-state index contributed by atoms with van der Waals surface area (Å²) >= 11 is 0. The molecule has 2 amide bonds. The minimum Gasteiger partial charge on any atom is -0.480 e. The Kier molecular flexibility index (Phi) is 6.91.